The Morgan fingerprint density at radius 3 is 0.940 bits per heavy atom. The van der Waals surface area contributed by atoms with Crippen LogP contribution < -0.4 is 5.32 Å². The number of esters is 1. The van der Waals surface area contributed by atoms with Crippen molar-refractivity contribution in [3.8, 4) is 0 Å². The Kier molecular flexibility index (Phi) is 70.9. The maximum atomic E-state index is 12.5. The lowest BCUT2D eigenvalue weighted by Crippen LogP contribution is -2.45. The van der Waals surface area contributed by atoms with E-state index in [1.165, 1.54) is 334 Å². The van der Waals surface area contributed by atoms with Gasteiger partial charge in [0.2, 0.25) is 5.91 Å². The number of aliphatic hydroxyl groups excluding tert-OH is 2. The Labute approximate surface area is 519 Å². The van der Waals surface area contributed by atoms with Crippen LogP contribution in [0.15, 0.2) is 36.5 Å². The normalized spacial score (nSPS) is 12.7. The zero-order valence-corrected chi connectivity index (χ0v) is 56.2. The molecule has 490 valence electrons. The fraction of sp³-hybridized carbons (Fsp3) is 0.896. The number of unbranched alkanes of at least 4 members (excludes halogenated alkanes) is 54. The van der Waals surface area contributed by atoms with Crippen molar-refractivity contribution < 1.29 is 24.5 Å². The molecule has 0 fully saturated rings. The van der Waals surface area contributed by atoms with E-state index < -0.39 is 12.1 Å². The van der Waals surface area contributed by atoms with Crippen LogP contribution in [0, 0.1) is 0 Å². The zero-order chi connectivity index (χ0) is 59.9. The number of nitrogens with one attached hydrogen (secondary N) is 1. The van der Waals surface area contributed by atoms with E-state index in [4.69, 9.17) is 4.74 Å². The summed E-state index contributed by atoms with van der Waals surface area (Å²) in [6.45, 7) is 4.97. The molecule has 0 spiro atoms. The summed E-state index contributed by atoms with van der Waals surface area (Å²) in [6.07, 6.45) is 93.5. The molecule has 0 saturated carbocycles. The Hall–Kier alpha value is -1.92. The highest BCUT2D eigenvalue weighted by Crippen LogP contribution is 2.19. The molecule has 0 aromatic carbocycles. The molecule has 0 radical (unpaired) electrons. The van der Waals surface area contributed by atoms with Crippen molar-refractivity contribution in [2.75, 3.05) is 13.2 Å². The minimum atomic E-state index is -0.664. The average Bonchev–Trinajstić information content (AvgIpc) is 3.48. The summed E-state index contributed by atoms with van der Waals surface area (Å²) >= 11 is 0. The number of hydrogen-bond donors (Lipinski definition) is 3. The molecule has 1 amide bonds. The molecule has 0 aliphatic carbocycles. The first-order valence-electron chi connectivity index (χ1n) is 37.7. The van der Waals surface area contributed by atoms with Crippen molar-refractivity contribution in [3.63, 3.8) is 0 Å². The molecule has 2 unspecified atom stereocenters. The molecule has 6 nitrogen and oxygen atoms in total. The van der Waals surface area contributed by atoms with Crippen molar-refractivity contribution in [2.24, 2.45) is 0 Å². The van der Waals surface area contributed by atoms with Gasteiger partial charge in [0.05, 0.1) is 25.4 Å². The molecule has 0 aromatic rings. The number of hydrogen-bond acceptors (Lipinski definition) is 5. The lowest BCUT2D eigenvalue weighted by Gasteiger charge is -2.22. The molecule has 83 heavy (non-hydrogen) atoms. The minimum Gasteiger partial charge on any atom is -0.466 e. The van der Waals surface area contributed by atoms with Crippen molar-refractivity contribution in [1.82, 2.24) is 5.32 Å². The van der Waals surface area contributed by atoms with Crippen molar-refractivity contribution >= 4 is 11.9 Å². The smallest absolute Gasteiger partial charge is 0.305 e. The van der Waals surface area contributed by atoms with Gasteiger partial charge >= 0.3 is 5.97 Å². The standard InChI is InChI=1S/C77H147NO5/c1-3-5-7-9-11-13-15-17-19-21-37-41-45-49-53-57-61-65-69-75(80)74(73-79)78-76(81)70-66-62-58-54-50-46-42-38-35-33-31-29-27-25-23-24-26-28-30-32-34-36-40-44-48-52-56-60-64-68-72-83-77(82)71-67-63-59-55-51-47-43-39-22-20-18-16-14-12-10-8-6-4-2/h14,16,20,22,24,26,74-75,79-80H,3-13,15,17-19,21,23,25,27-73H2,1-2H3,(H,78,81)/b16-14-,22-20-,26-24-. The summed E-state index contributed by atoms with van der Waals surface area (Å²) in [6, 6.07) is -0.541. The van der Waals surface area contributed by atoms with Gasteiger partial charge in [0.15, 0.2) is 0 Å². The molecule has 0 saturated heterocycles. The highest BCUT2D eigenvalue weighted by molar-refractivity contribution is 5.76. The SMILES string of the molecule is CCCCCC/C=C\C/C=C\CCCCCCCCCC(=O)OCCCCCCCCCCCCCC/C=C\CCCCCCCCCCCCCCCCC(=O)NC(CO)C(O)CCCCCCCCCCCCCCCCCCCC. The zero-order valence-electron chi connectivity index (χ0n) is 56.2. The first kappa shape index (κ1) is 81.1. The summed E-state index contributed by atoms with van der Waals surface area (Å²) < 4.78 is 5.50. The molecule has 6 heteroatoms. The minimum absolute atomic E-state index is 0.0104. The molecule has 0 aromatic heterocycles. The first-order chi connectivity index (χ1) is 41.0. The number of ether oxygens (including phenoxy) is 1. The van der Waals surface area contributed by atoms with E-state index in [0.717, 1.165) is 51.4 Å². The number of rotatable bonds is 71. The molecule has 0 aliphatic heterocycles. The van der Waals surface area contributed by atoms with Crippen LogP contribution in [-0.2, 0) is 14.3 Å². The van der Waals surface area contributed by atoms with Gasteiger partial charge in [-0.25, -0.2) is 0 Å². The fourth-order valence-electron chi connectivity index (χ4n) is 11.9. The van der Waals surface area contributed by atoms with Gasteiger partial charge in [-0.1, -0.05) is 359 Å². The number of carbonyl (C=O) groups excluding carboxylic acids is 2. The van der Waals surface area contributed by atoms with Crippen LogP contribution >= 0.6 is 0 Å². The van der Waals surface area contributed by atoms with E-state index in [0.29, 0.717) is 25.9 Å². The van der Waals surface area contributed by atoms with Gasteiger partial charge in [-0.15, -0.1) is 0 Å². The molecule has 0 rings (SSSR count). The second-order valence-electron chi connectivity index (χ2n) is 26.0. The second-order valence-corrected chi connectivity index (χ2v) is 26.0. The molecule has 3 N–H and O–H groups in total. The topological polar surface area (TPSA) is 95.9 Å². The molecule has 2 atom stereocenters. The van der Waals surface area contributed by atoms with Gasteiger partial charge < -0.3 is 20.3 Å². The number of amides is 1. The van der Waals surface area contributed by atoms with Crippen LogP contribution in [0.1, 0.15) is 418 Å². The van der Waals surface area contributed by atoms with E-state index >= 15 is 0 Å². The highest BCUT2D eigenvalue weighted by Gasteiger charge is 2.20. The van der Waals surface area contributed by atoms with Crippen LogP contribution in [0.5, 0.6) is 0 Å². The molecule has 0 heterocycles. The van der Waals surface area contributed by atoms with Gasteiger partial charge in [0, 0.05) is 12.8 Å². The predicted molar refractivity (Wildman–Crippen MR) is 366 cm³/mol. The van der Waals surface area contributed by atoms with Crippen molar-refractivity contribution in [2.45, 2.75) is 431 Å². The van der Waals surface area contributed by atoms with Crippen LogP contribution in [0.4, 0.5) is 0 Å². The fourth-order valence-corrected chi connectivity index (χ4v) is 11.9. The molecular formula is C77H147NO5. The summed E-state index contributed by atoms with van der Waals surface area (Å²) in [5.74, 6) is -0.0192. The summed E-state index contributed by atoms with van der Waals surface area (Å²) in [5, 5.41) is 23.4. The molecule has 0 bridgehead atoms. The van der Waals surface area contributed by atoms with E-state index in [1.54, 1.807) is 0 Å². The van der Waals surface area contributed by atoms with E-state index in [1.807, 2.05) is 0 Å². The molecular weight excluding hydrogens is 1020 g/mol. The maximum Gasteiger partial charge on any atom is 0.305 e. The van der Waals surface area contributed by atoms with E-state index in [9.17, 15) is 19.8 Å². The van der Waals surface area contributed by atoms with Crippen LogP contribution in [0.2, 0.25) is 0 Å². The Morgan fingerprint density at radius 1 is 0.337 bits per heavy atom. The average molecular weight is 1170 g/mol. The van der Waals surface area contributed by atoms with E-state index in [2.05, 4.69) is 55.6 Å². The molecule has 0 aliphatic rings. The lowest BCUT2D eigenvalue weighted by molar-refractivity contribution is -0.143. The van der Waals surface area contributed by atoms with Crippen molar-refractivity contribution in [1.29, 1.82) is 0 Å². The monoisotopic (exact) mass is 1170 g/mol. The Morgan fingerprint density at radius 2 is 0.602 bits per heavy atom. The number of allylic oxidation sites excluding steroid dienone is 6. The third kappa shape index (κ3) is 69.1. The van der Waals surface area contributed by atoms with Crippen LogP contribution in [0.25, 0.3) is 0 Å². The number of carbonyl (C=O) groups is 2. The Balaban J connectivity index is 3.36. The highest BCUT2D eigenvalue weighted by atomic mass is 16.5. The summed E-state index contributed by atoms with van der Waals surface area (Å²) in [4.78, 5) is 24.6. The van der Waals surface area contributed by atoms with Crippen molar-refractivity contribution in [3.05, 3.63) is 36.5 Å². The largest absolute Gasteiger partial charge is 0.466 e. The van der Waals surface area contributed by atoms with Gasteiger partial charge in [0.25, 0.3) is 0 Å². The Bertz CT molecular complexity index is 1340. The lowest BCUT2D eigenvalue weighted by atomic mass is 10.0. The van der Waals surface area contributed by atoms with Gasteiger partial charge in [-0.05, 0) is 83.5 Å². The van der Waals surface area contributed by atoms with E-state index in [-0.39, 0.29) is 18.5 Å². The second kappa shape index (κ2) is 72.6. The third-order valence-corrected chi connectivity index (χ3v) is 17.7. The summed E-state index contributed by atoms with van der Waals surface area (Å²) in [5.41, 5.74) is 0. The number of aliphatic hydroxyl groups is 2. The van der Waals surface area contributed by atoms with Crippen LogP contribution in [-0.4, -0.2) is 47.4 Å². The summed E-state index contributed by atoms with van der Waals surface area (Å²) in [7, 11) is 0. The third-order valence-electron chi connectivity index (χ3n) is 17.7. The van der Waals surface area contributed by atoms with Gasteiger partial charge in [-0.2, -0.15) is 0 Å². The predicted octanol–water partition coefficient (Wildman–Crippen LogP) is 24.7. The van der Waals surface area contributed by atoms with Gasteiger partial charge in [-0.3, -0.25) is 9.59 Å². The first-order valence-corrected chi connectivity index (χ1v) is 37.7. The van der Waals surface area contributed by atoms with Crippen LogP contribution in [0.3, 0.4) is 0 Å². The van der Waals surface area contributed by atoms with Gasteiger partial charge in [0.1, 0.15) is 0 Å². The quantitative estimate of drug-likeness (QED) is 0.0320. The maximum absolute atomic E-state index is 12.5.